The van der Waals surface area contributed by atoms with Crippen LogP contribution in [0.5, 0.6) is 0 Å². The Morgan fingerprint density at radius 3 is 2.91 bits per heavy atom. The van der Waals surface area contributed by atoms with E-state index in [1.807, 2.05) is 38.4 Å². The number of likely N-dealkylation sites (N-methyl/N-ethyl adjacent to an activating group) is 1. The molecule has 23 heavy (non-hydrogen) atoms. The number of hydrogen-bond acceptors (Lipinski definition) is 5. The molecule has 2 heterocycles. The third kappa shape index (κ3) is 3.48. The Balaban J connectivity index is 1.96. The van der Waals surface area contributed by atoms with E-state index in [1.165, 1.54) is 0 Å². The highest BCUT2D eigenvalue weighted by Gasteiger charge is 2.20. The summed E-state index contributed by atoms with van der Waals surface area (Å²) in [5.74, 6) is 0.545. The van der Waals surface area contributed by atoms with Gasteiger partial charge in [-0.05, 0) is 27.1 Å². The van der Waals surface area contributed by atoms with Crippen molar-refractivity contribution in [3.05, 3.63) is 36.0 Å². The molecule has 1 aromatic carbocycles. The predicted molar refractivity (Wildman–Crippen MR) is 91.4 cm³/mol. The lowest BCUT2D eigenvalue weighted by Crippen LogP contribution is -2.30. The lowest BCUT2D eigenvalue weighted by Gasteiger charge is -2.18. The highest BCUT2D eigenvalue weighted by Crippen LogP contribution is 2.32. The van der Waals surface area contributed by atoms with Gasteiger partial charge in [0.2, 0.25) is 11.9 Å². The number of fused-ring (bicyclic) bond motifs is 3. The first-order chi connectivity index (χ1) is 11.0. The van der Waals surface area contributed by atoms with E-state index >= 15 is 0 Å². The topological polar surface area (TPSA) is 70.2 Å². The lowest BCUT2D eigenvalue weighted by molar-refractivity contribution is -0.115. The molecule has 1 amide bonds. The van der Waals surface area contributed by atoms with Gasteiger partial charge in [-0.25, -0.2) is 9.97 Å². The van der Waals surface area contributed by atoms with Crippen molar-refractivity contribution in [3.8, 4) is 11.3 Å². The molecule has 2 aromatic rings. The summed E-state index contributed by atoms with van der Waals surface area (Å²) in [7, 11) is 4.06. The molecule has 0 saturated carbocycles. The zero-order valence-electron chi connectivity index (χ0n) is 13.6. The molecule has 0 aliphatic carbocycles. The van der Waals surface area contributed by atoms with Gasteiger partial charge in [0.1, 0.15) is 0 Å². The normalized spacial score (nSPS) is 14.5. The number of nitrogens with one attached hydrogen (secondary N) is 2. The zero-order valence-corrected chi connectivity index (χ0v) is 13.6. The number of hydrogen-bond donors (Lipinski definition) is 2. The Labute approximate surface area is 135 Å². The molecule has 1 aliphatic rings. The highest BCUT2D eigenvalue weighted by atomic mass is 16.1. The summed E-state index contributed by atoms with van der Waals surface area (Å²) in [6.45, 7) is 2.98. The summed E-state index contributed by atoms with van der Waals surface area (Å²) >= 11 is 0. The first-order valence-electron chi connectivity index (χ1n) is 7.69. The predicted octanol–water partition coefficient (Wildman–Crippen LogP) is 2.00. The highest BCUT2D eigenvalue weighted by molar-refractivity contribution is 5.99. The van der Waals surface area contributed by atoms with E-state index < -0.39 is 0 Å². The van der Waals surface area contributed by atoms with Crippen LogP contribution in [0.1, 0.15) is 12.5 Å². The van der Waals surface area contributed by atoms with E-state index in [9.17, 15) is 4.79 Å². The number of amides is 1. The maximum atomic E-state index is 12.0. The number of anilines is 2. The molecule has 1 aliphatic heterocycles. The van der Waals surface area contributed by atoms with Gasteiger partial charge >= 0.3 is 0 Å². The van der Waals surface area contributed by atoms with Gasteiger partial charge in [0.15, 0.2) is 0 Å². The number of benzene rings is 1. The van der Waals surface area contributed by atoms with Gasteiger partial charge in [0, 0.05) is 29.9 Å². The summed E-state index contributed by atoms with van der Waals surface area (Å²) in [5.41, 5.74) is 3.38. The van der Waals surface area contributed by atoms with Crippen LogP contribution < -0.4 is 10.6 Å². The van der Waals surface area contributed by atoms with Gasteiger partial charge in [-0.1, -0.05) is 18.2 Å². The van der Waals surface area contributed by atoms with Crippen molar-refractivity contribution >= 4 is 17.5 Å². The second kappa shape index (κ2) is 6.34. The van der Waals surface area contributed by atoms with Crippen LogP contribution in [0.3, 0.4) is 0 Å². The Hall–Kier alpha value is -2.47. The molecule has 0 spiro atoms. The molecular formula is C17H21N5O. The van der Waals surface area contributed by atoms with E-state index in [-0.39, 0.29) is 18.4 Å². The number of rotatable bonds is 4. The first-order valence-corrected chi connectivity index (χ1v) is 7.69. The van der Waals surface area contributed by atoms with E-state index in [4.69, 9.17) is 0 Å². The number of carbonyl (C=O) groups excluding carboxylic acids is 1. The molecule has 0 bridgehead atoms. The molecular weight excluding hydrogens is 290 g/mol. The van der Waals surface area contributed by atoms with E-state index in [0.717, 1.165) is 29.1 Å². The van der Waals surface area contributed by atoms with Crippen molar-refractivity contribution in [2.45, 2.75) is 19.4 Å². The molecule has 0 saturated heterocycles. The van der Waals surface area contributed by atoms with Crippen molar-refractivity contribution in [2.75, 3.05) is 31.3 Å². The minimum absolute atomic E-state index is 0.0403. The van der Waals surface area contributed by atoms with Crippen LogP contribution >= 0.6 is 0 Å². The minimum atomic E-state index is -0.0403. The van der Waals surface area contributed by atoms with Crippen molar-refractivity contribution in [1.29, 1.82) is 0 Å². The first kappa shape index (κ1) is 15.4. The Morgan fingerprint density at radius 2 is 2.13 bits per heavy atom. The number of nitrogens with zero attached hydrogens (tertiary/aromatic N) is 3. The van der Waals surface area contributed by atoms with Crippen LogP contribution in [0.4, 0.5) is 11.6 Å². The smallest absolute Gasteiger partial charge is 0.228 e. The van der Waals surface area contributed by atoms with Gasteiger partial charge in [0.25, 0.3) is 0 Å². The Morgan fingerprint density at radius 1 is 1.35 bits per heavy atom. The van der Waals surface area contributed by atoms with Crippen LogP contribution in [0.2, 0.25) is 0 Å². The summed E-state index contributed by atoms with van der Waals surface area (Å²) in [4.78, 5) is 23.1. The van der Waals surface area contributed by atoms with Crippen LogP contribution in [0.15, 0.2) is 30.5 Å². The second-order valence-electron chi connectivity index (χ2n) is 6.15. The molecule has 1 atom stereocenters. The summed E-state index contributed by atoms with van der Waals surface area (Å²) in [6, 6.07) is 7.95. The molecule has 2 N–H and O–H groups in total. The van der Waals surface area contributed by atoms with Crippen LogP contribution in [-0.4, -0.2) is 47.5 Å². The maximum Gasteiger partial charge on any atom is 0.228 e. The van der Waals surface area contributed by atoms with E-state index in [1.54, 1.807) is 6.20 Å². The fourth-order valence-electron chi connectivity index (χ4n) is 2.82. The largest absolute Gasteiger partial charge is 0.350 e. The van der Waals surface area contributed by atoms with Crippen LogP contribution in [0.25, 0.3) is 11.3 Å². The molecule has 1 unspecified atom stereocenters. The second-order valence-corrected chi connectivity index (χ2v) is 6.15. The number of para-hydroxylation sites is 1. The number of carbonyl (C=O) groups is 1. The fourth-order valence-corrected chi connectivity index (χ4v) is 2.82. The minimum Gasteiger partial charge on any atom is -0.350 e. The average Bonchev–Trinajstić information content (AvgIpc) is 2.62. The molecule has 6 heteroatoms. The lowest BCUT2D eigenvalue weighted by atomic mass is 10.1. The van der Waals surface area contributed by atoms with Crippen molar-refractivity contribution in [2.24, 2.45) is 0 Å². The molecule has 120 valence electrons. The van der Waals surface area contributed by atoms with Crippen molar-refractivity contribution < 1.29 is 4.79 Å². The van der Waals surface area contributed by atoms with Gasteiger partial charge < -0.3 is 15.5 Å². The van der Waals surface area contributed by atoms with Gasteiger partial charge in [0.05, 0.1) is 17.8 Å². The molecule has 6 nitrogen and oxygen atoms in total. The van der Waals surface area contributed by atoms with Crippen LogP contribution in [-0.2, 0) is 11.2 Å². The van der Waals surface area contributed by atoms with Crippen molar-refractivity contribution in [3.63, 3.8) is 0 Å². The summed E-state index contributed by atoms with van der Waals surface area (Å²) in [5, 5.41) is 6.24. The average molecular weight is 311 g/mol. The molecule has 1 aromatic heterocycles. The molecule has 3 rings (SSSR count). The fraction of sp³-hybridized carbons (Fsp3) is 0.353. The number of aromatic nitrogens is 2. The monoisotopic (exact) mass is 311 g/mol. The van der Waals surface area contributed by atoms with Gasteiger partial charge in [-0.15, -0.1) is 0 Å². The standard InChI is InChI=1S/C17H21N5O/c1-11(10-22(2)3)19-17-18-9-12-8-15(23)20-14-7-5-4-6-13(14)16(12)21-17/h4-7,9,11H,8,10H2,1-3H3,(H,20,23)(H,18,19,21). The third-order valence-electron chi connectivity index (χ3n) is 3.69. The third-order valence-corrected chi connectivity index (χ3v) is 3.69. The van der Waals surface area contributed by atoms with Crippen LogP contribution in [0, 0.1) is 0 Å². The SMILES string of the molecule is CC(CN(C)C)Nc1ncc2c(n1)-c1ccccc1NC(=O)C2. The van der Waals surface area contributed by atoms with Gasteiger partial charge in [-0.3, -0.25) is 4.79 Å². The summed E-state index contributed by atoms with van der Waals surface area (Å²) < 4.78 is 0. The molecule has 0 radical (unpaired) electrons. The van der Waals surface area contributed by atoms with Gasteiger partial charge in [-0.2, -0.15) is 0 Å². The van der Waals surface area contributed by atoms with E-state index in [0.29, 0.717) is 5.95 Å². The van der Waals surface area contributed by atoms with E-state index in [2.05, 4.69) is 32.4 Å². The summed E-state index contributed by atoms with van der Waals surface area (Å²) in [6.07, 6.45) is 2.03. The quantitative estimate of drug-likeness (QED) is 0.904. The maximum absolute atomic E-state index is 12.0. The Kier molecular flexibility index (Phi) is 4.25. The zero-order chi connectivity index (χ0) is 16.4. The molecule has 0 fully saturated rings. The van der Waals surface area contributed by atoms with Crippen molar-refractivity contribution in [1.82, 2.24) is 14.9 Å². The Bertz CT molecular complexity index is 729.